The number of carbonyl (C=O) groups excluding carboxylic acids is 2. The van der Waals surface area contributed by atoms with Crippen LogP contribution in [0.1, 0.15) is 57.5 Å². The first kappa shape index (κ1) is 27.2. The smallest absolute Gasteiger partial charge is 0.358 e. The van der Waals surface area contributed by atoms with Crippen LogP contribution in [0.3, 0.4) is 0 Å². The van der Waals surface area contributed by atoms with Crippen molar-refractivity contribution in [1.82, 2.24) is 0 Å². The van der Waals surface area contributed by atoms with Gasteiger partial charge in [-0.3, -0.25) is 0 Å². The van der Waals surface area contributed by atoms with E-state index in [1.807, 2.05) is 12.1 Å². The number of benzene rings is 2. The Hall–Kier alpha value is -1.79. The molecule has 2 aromatic rings. The first-order valence-corrected chi connectivity index (χ1v) is 8.23. The second-order valence-corrected chi connectivity index (χ2v) is 6.22. The van der Waals surface area contributed by atoms with Crippen molar-refractivity contribution in [3.8, 4) is 0 Å². The fraction of sp³-hybridized carbons (Fsp3) is 0.273. The van der Waals surface area contributed by atoms with Gasteiger partial charge in [-0.1, -0.05) is 11.1 Å². The molecule has 0 N–H and O–H groups in total. The minimum atomic E-state index is -0.847. The van der Waals surface area contributed by atoms with Crippen LogP contribution in [0.15, 0.2) is 12.1 Å². The van der Waals surface area contributed by atoms with Crippen molar-refractivity contribution in [1.29, 1.82) is 0 Å². The van der Waals surface area contributed by atoms with Crippen LogP contribution in [0.25, 0.3) is 0 Å². The molecule has 0 saturated carbocycles. The molecule has 2 aliphatic carbocycles. The molecule has 2 nitrogen and oxygen atoms in total. The SMILES string of the molecule is O=C1CCCc2cc(F)[c-]c(F)c21.O=C1CCCc2cc(F)[c-]c(F)c21.[CH3-].[CH3-].[Ti+4]. The monoisotopic (exact) mass is 440 g/mol. The normalized spacial score (nSPS) is 14.1. The summed E-state index contributed by atoms with van der Waals surface area (Å²) < 4.78 is 51.5. The Morgan fingerprint density at radius 3 is 1.34 bits per heavy atom. The maximum Gasteiger partial charge on any atom is 4.00 e. The maximum absolute atomic E-state index is 13.1. The average molecular weight is 440 g/mol. The Labute approximate surface area is 183 Å². The van der Waals surface area contributed by atoms with E-state index in [4.69, 9.17) is 0 Å². The van der Waals surface area contributed by atoms with Crippen molar-refractivity contribution in [3.63, 3.8) is 0 Å². The molecule has 0 spiro atoms. The predicted molar refractivity (Wildman–Crippen MR) is 97.8 cm³/mol. The van der Waals surface area contributed by atoms with Gasteiger partial charge in [-0.05, 0) is 38.5 Å². The van der Waals surface area contributed by atoms with E-state index in [1.54, 1.807) is 0 Å². The molecule has 0 radical (unpaired) electrons. The van der Waals surface area contributed by atoms with Crippen molar-refractivity contribution in [2.45, 2.75) is 38.5 Å². The van der Waals surface area contributed by atoms with Gasteiger partial charge in [-0.15, -0.1) is 35.4 Å². The number of rotatable bonds is 0. The van der Waals surface area contributed by atoms with Crippen molar-refractivity contribution in [3.05, 3.63) is 84.6 Å². The first-order valence-electron chi connectivity index (χ1n) is 8.23. The van der Waals surface area contributed by atoms with Crippen LogP contribution in [0.2, 0.25) is 0 Å². The van der Waals surface area contributed by atoms with Gasteiger partial charge in [-0.25, -0.2) is 17.6 Å². The minimum absolute atomic E-state index is 0. The molecule has 0 amide bonds. The van der Waals surface area contributed by atoms with E-state index in [-0.39, 0.29) is 59.3 Å². The van der Waals surface area contributed by atoms with Gasteiger partial charge in [0.2, 0.25) is 0 Å². The summed E-state index contributed by atoms with van der Waals surface area (Å²) in [4.78, 5) is 22.5. The van der Waals surface area contributed by atoms with Gasteiger partial charge in [0.05, 0.1) is 0 Å². The number of hydrogen-bond donors (Lipinski definition) is 0. The third-order valence-electron chi connectivity index (χ3n) is 4.40. The van der Waals surface area contributed by atoms with Crippen LogP contribution in [0, 0.1) is 50.3 Å². The van der Waals surface area contributed by atoms with E-state index in [0.717, 1.165) is 0 Å². The zero-order chi connectivity index (χ0) is 18.8. The van der Waals surface area contributed by atoms with Crippen LogP contribution in [-0.4, -0.2) is 11.6 Å². The zero-order valence-electron chi connectivity index (χ0n) is 16.2. The fourth-order valence-electron chi connectivity index (χ4n) is 3.27. The van der Waals surface area contributed by atoms with Crippen molar-refractivity contribution in [2.24, 2.45) is 0 Å². The van der Waals surface area contributed by atoms with Gasteiger partial charge < -0.3 is 24.4 Å². The molecule has 0 saturated heterocycles. The molecule has 0 aromatic heterocycles. The Balaban J connectivity index is 0.000000490. The first-order chi connectivity index (χ1) is 12.4. The Morgan fingerprint density at radius 2 is 1.00 bits per heavy atom. The van der Waals surface area contributed by atoms with Crippen LogP contribution in [0.5, 0.6) is 0 Å². The minimum Gasteiger partial charge on any atom is -0.358 e. The third-order valence-corrected chi connectivity index (χ3v) is 4.40. The van der Waals surface area contributed by atoms with E-state index in [9.17, 15) is 27.2 Å². The van der Waals surface area contributed by atoms with Crippen molar-refractivity contribution >= 4 is 11.6 Å². The van der Waals surface area contributed by atoms with E-state index in [1.165, 1.54) is 12.1 Å². The molecule has 0 unspecified atom stereocenters. The molecule has 0 aliphatic heterocycles. The van der Waals surface area contributed by atoms with Gasteiger partial charge >= 0.3 is 21.7 Å². The molecule has 152 valence electrons. The molecule has 0 atom stereocenters. The molecule has 4 rings (SSSR count). The summed E-state index contributed by atoms with van der Waals surface area (Å²) in [5, 5.41) is 0. The second kappa shape index (κ2) is 11.4. The molecule has 7 heteroatoms. The summed E-state index contributed by atoms with van der Waals surface area (Å²) in [6.45, 7) is 0. The zero-order valence-corrected chi connectivity index (χ0v) is 17.8. The van der Waals surface area contributed by atoms with E-state index in [0.29, 0.717) is 49.7 Å². The molecule has 2 aromatic carbocycles. The van der Waals surface area contributed by atoms with E-state index >= 15 is 0 Å². The number of hydrogen-bond acceptors (Lipinski definition) is 2. The Morgan fingerprint density at radius 1 is 0.655 bits per heavy atom. The van der Waals surface area contributed by atoms with Crippen LogP contribution in [0.4, 0.5) is 17.6 Å². The molecule has 0 fully saturated rings. The van der Waals surface area contributed by atoms with Gasteiger partial charge in [0.1, 0.15) is 11.6 Å². The molecule has 0 heterocycles. The summed E-state index contributed by atoms with van der Waals surface area (Å²) >= 11 is 0. The van der Waals surface area contributed by atoms with Crippen LogP contribution in [-0.2, 0) is 34.6 Å². The van der Waals surface area contributed by atoms with Crippen molar-refractivity contribution < 1.29 is 48.9 Å². The summed E-state index contributed by atoms with van der Waals surface area (Å²) in [6, 6.07) is 6.13. The molecular weight excluding hydrogens is 420 g/mol. The summed E-state index contributed by atoms with van der Waals surface area (Å²) in [5.41, 5.74) is 1.02. The maximum atomic E-state index is 13.1. The second-order valence-electron chi connectivity index (χ2n) is 6.22. The van der Waals surface area contributed by atoms with Crippen molar-refractivity contribution in [2.75, 3.05) is 0 Å². The third kappa shape index (κ3) is 6.10. The number of Topliss-reactive ketones (excluding diaryl/α,β-unsaturated/α-hetero) is 2. The summed E-state index contributed by atoms with van der Waals surface area (Å²) in [7, 11) is 0. The Bertz CT molecular complexity index is 823. The molecule has 2 aliphatic rings. The topological polar surface area (TPSA) is 34.1 Å². The van der Waals surface area contributed by atoms with Crippen LogP contribution < -0.4 is 0 Å². The van der Waals surface area contributed by atoms with Gasteiger partial charge in [0.25, 0.3) is 0 Å². The molecule has 29 heavy (non-hydrogen) atoms. The summed E-state index contributed by atoms with van der Waals surface area (Å²) in [5.74, 6) is -3.64. The summed E-state index contributed by atoms with van der Waals surface area (Å²) in [6.07, 6.45) is 3.20. The quantitative estimate of drug-likeness (QED) is 0.310. The largest absolute Gasteiger partial charge is 4.00 e. The van der Waals surface area contributed by atoms with Gasteiger partial charge in [0.15, 0.2) is 0 Å². The van der Waals surface area contributed by atoms with E-state index < -0.39 is 23.3 Å². The Kier molecular flexibility index (Phi) is 10.7. The van der Waals surface area contributed by atoms with E-state index in [2.05, 4.69) is 0 Å². The number of ketones is 2. The average Bonchev–Trinajstić information content (AvgIpc) is 2.54. The number of carbonyl (C=O) groups is 2. The number of fused-ring (bicyclic) bond motifs is 2. The van der Waals surface area contributed by atoms with Gasteiger partial charge in [0, 0.05) is 23.3 Å². The number of aryl methyl sites for hydroxylation is 2. The molecule has 0 bridgehead atoms. The predicted octanol–water partition coefficient (Wildman–Crippen LogP) is 5.47. The standard InChI is InChI=1S/2C10H7F2O.2CH3.Ti/c2*11-7-4-6-2-1-3-9(13)10(6)8(12)5-7;;;/h2*4H,1-3H2;2*1H3;/q4*-1;+4. The number of halogens is 4. The van der Waals surface area contributed by atoms with Gasteiger partial charge in [-0.2, -0.15) is 0 Å². The van der Waals surface area contributed by atoms with Crippen LogP contribution >= 0.6 is 0 Å². The molecular formula is C22H20F4O2Ti. The fourth-order valence-corrected chi connectivity index (χ4v) is 3.27.